The molecule has 0 bridgehead atoms. The topological polar surface area (TPSA) is 80.3 Å². The van der Waals surface area contributed by atoms with Gasteiger partial charge in [0.05, 0.1) is 0 Å². The summed E-state index contributed by atoms with van der Waals surface area (Å²) in [6, 6.07) is 0. The van der Waals surface area contributed by atoms with Crippen LogP contribution >= 0.6 is 25.3 Å². The molecule has 2 unspecified atom stereocenters. The predicted molar refractivity (Wildman–Crippen MR) is 146 cm³/mol. The van der Waals surface area contributed by atoms with E-state index >= 15 is 0 Å². The quantitative estimate of drug-likeness (QED) is 0.109. The van der Waals surface area contributed by atoms with Gasteiger partial charge in [-0.2, -0.15) is 25.3 Å². The molecule has 0 aliphatic rings. The van der Waals surface area contributed by atoms with E-state index < -0.39 is 11.9 Å². The Morgan fingerprint density at radius 1 is 0.606 bits per heavy atom. The van der Waals surface area contributed by atoms with Gasteiger partial charge in [-0.25, -0.2) is 0 Å². The van der Waals surface area contributed by atoms with Crippen molar-refractivity contribution in [3.8, 4) is 0 Å². The number of carbonyl (C=O) groups excluding carboxylic acids is 2. The summed E-state index contributed by atoms with van der Waals surface area (Å²) in [6.45, 7) is 6.57. The monoisotopic (exact) mass is 611 g/mol. The van der Waals surface area contributed by atoms with Crippen molar-refractivity contribution in [1.29, 1.82) is 0 Å². The van der Waals surface area contributed by atoms with Crippen LogP contribution in [0.1, 0.15) is 124 Å². The zero-order valence-corrected chi connectivity index (χ0v) is 26.3. The molecule has 0 heterocycles. The van der Waals surface area contributed by atoms with Crippen LogP contribution in [0.25, 0.3) is 0 Å². The third-order valence-corrected chi connectivity index (χ3v) is 6.99. The zero-order chi connectivity index (χ0) is 25.7. The molecule has 4 nitrogen and oxygen atoms in total. The van der Waals surface area contributed by atoms with Crippen LogP contribution in [-0.2, 0) is 9.59 Å². The average molecular weight is 611 g/mol. The van der Waals surface area contributed by atoms with Crippen LogP contribution in [-0.4, -0.2) is 46.0 Å². The van der Waals surface area contributed by atoms with Crippen LogP contribution in [0.3, 0.4) is 0 Å². The van der Waals surface area contributed by atoms with E-state index in [0.29, 0.717) is 24.3 Å². The third kappa shape index (κ3) is 32.4. The molecule has 194 valence electrons. The molecule has 0 aromatic heterocycles. The summed E-state index contributed by atoms with van der Waals surface area (Å²) in [5.41, 5.74) is 0. The van der Waals surface area contributed by atoms with E-state index in [9.17, 15) is 19.8 Å². The molecule has 0 aromatic rings. The molecule has 7 heteroatoms. The third-order valence-electron chi connectivity index (χ3n) is 5.46. The minimum atomic E-state index is -0.908. The Kier molecular flexibility index (Phi) is 37.3. The molecule has 0 saturated heterocycles. The molecule has 0 spiro atoms. The van der Waals surface area contributed by atoms with Crippen molar-refractivity contribution in [2.24, 2.45) is 11.8 Å². The second-order valence-corrected chi connectivity index (χ2v) is 10.9. The van der Waals surface area contributed by atoms with E-state index in [0.717, 1.165) is 38.5 Å². The number of aliphatic carboxylic acids is 2. The zero-order valence-electron chi connectivity index (χ0n) is 21.6. The Bertz CT molecular complexity index is 376. The molecule has 33 heavy (non-hydrogen) atoms. The molecule has 0 rings (SSSR count). The molecular weight excluding hydrogens is 559 g/mol. The minimum absolute atomic E-state index is 0.283. The molecule has 0 amide bonds. The van der Waals surface area contributed by atoms with Crippen molar-refractivity contribution in [2.45, 2.75) is 128 Å². The van der Waals surface area contributed by atoms with Crippen molar-refractivity contribution in [3.63, 3.8) is 0 Å². The van der Waals surface area contributed by atoms with Crippen LogP contribution in [0.15, 0.2) is 0 Å². The van der Waals surface area contributed by atoms with Crippen LogP contribution in [0.2, 0.25) is 4.44 Å². The molecule has 0 N–H and O–H groups in total. The van der Waals surface area contributed by atoms with E-state index in [1.807, 2.05) is 0 Å². The van der Waals surface area contributed by atoms with Gasteiger partial charge in [0, 0.05) is 11.9 Å². The first-order valence-corrected chi connectivity index (χ1v) is 16.4. The van der Waals surface area contributed by atoms with Gasteiger partial charge < -0.3 is 19.8 Å². The molecular formula is C26H51O4S2Sn+. The Morgan fingerprint density at radius 2 is 0.939 bits per heavy atom. The first-order valence-electron chi connectivity index (χ1n) is 13.1. The van der Waals surface area contributed by atoms with Crippen LogP contribution in [0.4, 0.5) is 0 Å². The molecule has 0 radical (unpaired) electrons. The van der Waals surface area contributed by atoms with E-state index in [2.05, 4.69) is 46.0 Å². The molecule has 0 aliphatic carbocycles. The number of carboxylic acids is 2. The summed E-state index contributed by atoms with van der Waals surface area (Å²) in [5, 5.41) is 21.3. The maximum atomic E-state index is 10.7. The van der Waals surface area contributed by atoms with Crippen molar-refractivity contribution in [1.82, 2.24) is 0 Å². The number of carboxylic acid groups (broad SMARTS) is 2. The van der Waals surface area contributed by atoms with Gasteiger partial charge in [-0.15, -0.1) is 0 Å². The SMILES string of the molecule is CCCCCCCC(CCS)C(=O)[O-].CCCCCCCC(CCS)C(=O)[O-].CCC[CH2][Sn+3]. The summed E-state index contributed by atoms with van der Waals surface area (Å²) >= 11 is 9.77. The van der Waals surface area contributed by atoms with Gasteiger partial charge in [-0.1, -0.05) is 78.1 Å². The van der Waals surface area contributed by atoms with E-state index in [1.165, 1.54) is 55.8 Å². The number of hydrogen-bond acceptors (Lipinski definition) is 6. The molecule has 0 fully saturated rings. The van der Waals surface area contributed by atoms with Crippen LogP contribution in [0, 0.1) is 11.8 Å². The van der Waals surface area contributed by atoms with Gasteiger partial charge in [0.15, 0.2) is 0 Å². The van der Waals surface area contributed by atoms with Crippen molar-refractivity contribution in [3.05, 3.63) is 0 Å². The fraction of sp³-hybridized carbons (Fsp3) is 0.923. The Labute approximate surface area is 229 Å². The Balaban J connectivity index is -0.000000453. The van der Waals surface area contributed by atoms with Gasteiger partial charge in [-0.05, 0) is 49.0 Å². The van der Waals surface area contributed by atoms with E-state index in [4.69, 9.17) is 0 Å². The molecule has 0 saturated carbocycles. The fourth-order valence-electron chi connectivity index (χ4n) is 3.24. The van der Waals surface area contributed by atoms with Crippen LogP contribution < -0.4 is 10.2 Å². The van der Waals surface area contributed by atoms with Crippen LogP contribution in [0.5, 0.6) is 0 Å². The fourth-order valence-corrected chi connectivity index (χ4v) is 4.87. The summed E-state index contributed by atoms with van der Waals surface area (Å²) in [5.74, 6) is -1.12. The molecule has 2 atom stereocenters. The first-order chi connectivity index (χ1) is 15.9. The number of carbonyl (C=O) groups is 2. The standard InChI is InChI=1S/2C11H22O2S.C4H9.Sn/c2*1-2-3-4-5-6-7-10(8-9-14)11(12)13;1-3-4-2;/h2*10,14H,2-9H2,1H3,(H,12,13);1,3-4H2,2H3;/q;;;+3/p-2. The number of unbranched alkanes of at least 4 members (excludes halogenated alkanes) is 9. The number of hydrogen-bond donors (Lipinski definition) is 2. The van der Waals surface area contributed by atoms with Gasteiger partial charge in [0.25, 0.3) is 0 Å². The Morgan fingerprint density at radius 3 is 1.15 bits per heavy atom. The maximum absolute atomic E-state index is 10.7. The van der Waals surface area contributed by atoms with Crippen molar-refractivity contribution >= 4 is 59.7 Å². The summed E-state index contributed by atoms with van der Waals surface area (Å²) in [4.78, 5) is 21.3. The second kappa shape index (κ2) is 32.4. The van der Waals surface area contributed by atoms with Gasteiger partial charge in [-0.3, -0.25) is 0 Å². The summed E-state index contributed by atoms with van der Waals surface area (Å²) in [7, 11) is 0. The van der Waals surface area contributed by atoms with E-state index in [-0.39, 0.29) is 11.8 Å². The summed E-state index contributed by atoms with van der Waals surface area (Å²) < 4.78 is 1.43. The van der Waals surface area contributed by atoms with Crippen molar-refractivity contribution < 1.29 is 19.8 Å². The Hall–Kier alpha value is 0.439. The van der Waals surface area contributed by atoms with Gasteiger partial charge in [0.2, 0.25) is 0 Å². The predicted octanol–water partition coefficient (Wildman–Crippen LogP) is 5.44. The van der Waals surface area contributed by atoms with Crippen molar-refractivity contribution in [2.75, 3.05) is 11.5 Å². The van der Waals surface area contributed by atoms with Gasteiger partial charge in [0.1, 0.15) is 0 Å². The molecule has 0 aromatic carbocycles. The van der Waals surface area contributed by atoms with E-state index in [1.54, 1.807) is 22.5 Å². The number of rotatable bonds is 20. The normalized spacial score (nSPS) is 12.1. The van der Waals surface area contributed by atoms with Gasteiger partial charge >= 0.3 is 46.7 Å². The molecule has 0 aliphatic heterocycles. The summed E-state index contributed by atoms with van der Waals surface area (Å²) in [6.07, 6.45) is 17.3. The first kappa shape index (κ1) is 38.0. The average Bonchev–Trinajstić information content (AvgIpc) is 2.78. The second-order valence-electron chi connectivity index (χ2n) is 8.57. The number of thiol groups is 2.